The summed E-state index contributed by atoms with van der Waals surface area (Å²) in [4.78, 5) is 24.1. The number of esters is 2. The van der Waals surface area contributed by atoms with Gasteiger partial charge in [-0.15, -0.1) is 0 Å². The predicted octanol–water partition coefficient (Wildman–Crippen LogP) is 9.64. The molecule has 0 aliphatic carbocycles. The van der Waals surface area contributed by atoms with Crippen LogP contribution in [0, 0.1) is 0 Å². The van der Waals surface area contributed by atoms with Gasteiger partial charge in [0.05, 0.1) is 12.7 Å². The van der Waals surface area contributed by atoms with Gasteiger partial charge in [0.1, 0.15) is 6.61 Å². The monoisotopic (exact) mass is 618 g/mol. The summed E-state index contributed by atoms with van der Waals surface area (Å²) in [5.74, 6) is -0.700. The molecule has 2 atom stereocenters. The molecule has 0 aromatic carbocycles. The highest BCUT2D eigenvalue weighted by Gasteiger charge is 2.16. The Balaban J connectivity index is 3.77. The number of carbonyl (C=O) groups excluding carboxylic acids is 2. The van der Waals surface area contributed by atoms with Crippen LogP contribution in [0.2, 0.25) is 0 Å². The Kier molecular flexibility index (Phi) is 32.0. The third-order valence-corrected chi connectivity index (χ3v) is 7.46. The molecule has 0 aliphatic heterocycles. The first kappa shape index (κ1) is 41.8. The molecule has 0 fully saturated rings. The first-order valence-corrected chi connectivity index (χ1v) is 17.8. The molecule has 6 heteroatoms. The third-order valence-electron chi connectivity index (χ3n) is 7.46. The molecule has 0 spiro atoms. The highest BCUT2D eigenvalue weighted by Crippen LogP contribution is 2.13. The van der Waals surface area contributed by atoms with Crippen molar-refractivity contribution in [2.45, 2.75) is 167 Å². The van der Waals surface area contributed by atoms with Crippen LogP contribution in [0.25, 0.3) is 0 Å². The molecule has 6 nitrogen and oxygen atoms in total. The molecule has 254 valence electrons. The summed E-state index contributed by atoms with van der Waals surface area (Å²) >= 11 is 0. The van der Waals surface area contributed by atoms with Crippen molar-refractivity contribution in [3.8, 4) is 0 Å². The van der Waals surface area contributed by atoms with Crippen LogP contribution in [0.1, 0.15) is 155 Å². The number of hydrogen-bond donors (Lipinski definition) is 2. The van der Waals surface area contributed by atoms with E-state index < -0.39 is 12.2 Å². The van der Waals surface area contributed by atoms with Crippen LogP contribution in [-0.4, -0.2) is 47.6 Å². The van der Waals surface area contributed by atoms with Crippen LogP contribution >= 0.6 is 0 Å². The Hall–Kier alpha value is -2.18. The van der Waals surface area contributed by atoms with E-state index in [1.807, 2.05) is 42.5 Å². The Morgan fingerprint density at radius 2 is 1.20 bits per heavy atom. The second-order valence-electron chi connectivity index (χ2n) is 11.8. The molecule has 0 bridgehead atoms. The number of carbonyl (C=O) groups is 2. The highest BCUT2D eigenvalue weighted by molar-refractivity contribution is 5.70. The van der Waals surface area contributed by atoms with Gasteiger partial charge in [-0.25, -0.2) is 0 Å². The van der Waals surface area contributed by atoms with Crippen molar-refractivity contribution in [3.05, 3.63) is 48.6 Å². The van der Waals surface area contributed by atoms with Crippen molar-refractivity contribution in [1.29, 1.82) is 0 Å². The Morgan fingerprint density at radius 3 is 1.86 bits per heavy atom. The SMILES string of the molecule is CCCCC/C=C\C=C/[C@@H](O)C/C=C\C/C=C/CCCC(=O)OC[C@H](CO)OC(=O)CCCCCCCCCCCCCC. The molecule has 2 N–H and O–H groups in total. The summed E-state index contributed by atoms with van der Waals surface area (Å²) in [7, 11) is 0. The predicted molar refractivity (Wildman–Crippen MR) is 183 cm³/mol. The zero-order valence-corrected chi connectivity index (χ0v) is 28.3. The molecule has 44 heavy (non-hydrogen) atoms. The molecular formula is C38H66O6. The van der Waals surface area contributed by atoms with E-state index in [9.17, 15) is 19.8 Å². The normalized spacial score (nSPS) is 13.5. The number of ether oxygens (including phenoxy) is 2. The Labute approximate surface area is 270 Å². The fourth-order valence-corrected chi connectivity index (χ4v) is 4.68. The molecule has 0 radical (unpaired) electrons. The van der Waals surface area contributed by atoms with Gasteiger partial charge in [0, 0.05) is 12.8 Å². The van der Waals surface area contributed by atoms with Crippen molar-refractivity contribution in [2.24, 2.45) is 0 Å². The zero-order chi connectivity index (χ0) is 32.4. The van der Waals surface area contributed by atoms with Gasteiger partial charge in [-0.05, 0) is 44.9 Å². The maximum atomic E-state index is 12.1. The van der Waals surface area contributed by atoms with Crippen molar-refractivity contribution < 1.29 is 29.3 Å². The maximum absolute atomic E-state index is 12.1. The van der Waals surface area contributed by atoms with Gasteiger partial charge in [0.2, 0.25) is 0 Å². The lowest BCUT2D eigenvalue weighted by molar-refractivity contribution is -0.161. The van der Waals surface area contributed by atoms with E-state index in [1.54, 1.807) is 0 Å². The van der Waals surface area contributed by atoms with Crippen LogP contribution in [-0.2, 0) is 19.1 Å². The molecule has 0 aromatic rings. The summed E-state index contributed by atoms with van der Waals surface area (Å²) in [6.07, 6.45) is 37.6. The van der Waals surface area contributed by atoms with E-state index in [-0.39, 0.29) is 31.6 Å². The molecule has 0 saturated heterocycles. The lowest BCUT2D eigenvalue weighted by Crippen LogP contribution is -2.28. The largest absolute Gasteiger partial charge is 0.462 e. The minimum absolute atomic E-state index is 0.115. The molecule has 0 saturated carbocycles. The quantitative estimate of drug-likeness (QED) is 0.0348. The van der Waals surface area contributed by atoms with Crippen molar-refractivity contribution >= 4 is 11.9 Å². The van der Waals surface area contributed by atoms with E-state index in [4.69, 9.17) is 9.47 Å². The number of unbranched alkanes of at least 4 members (excludes halogenated alkanes) is 15. The lowest BCUT2D eigenvalue weighted by Gasteiger charge is -2.15. The first-order chi connectivity index (χ1) is 21.5. The van der Waals surface area contributed by atoms with Gasteiger partial charge >= 0.3 is 11.9 Å². The molecule has 0 amide bonds. The van der Waals surface area contributed by atoms with Crippen LogP contribution in [0.15, 0.2) is 48.6 Å². The Morgan fingerprint density at radius 1 is 0.636 bits per heavy atom. The summed E-state index contributed by atoms with van der Waals surface area (Å²) in [6, 6.07) is 0. The van der Waals surface area contributed by atoms with Crippen molar-refractivity contribution in [3.63, 3.8) is 0 Å². The molecule has 0 heterocycles. The topological polar surface area (TPSA) is 93.1 Å². The number of aliphatic hydroxyl groups is 2. The van der Waals surface area contributed by atoms with Gasteiger partial charge in [-0.1, -0.05) is 146 Å². The zero-order valence-electron chi connectivity index (χ0n) is 28.3. The second-order valence-corrected chi connectivity index (χ2v) is 11.8. The van der Waals surface area contributed by atoms with Gasteiger partial charge in [0.15, 0.2) is 6.10 Å². The van der Waals surface area contributed by atoms with Gasteiger partial charge < -0.3 is 19.7 Å². The van der Waals surface area contributed by atoms with E-state index >= 15 is 0 Å². The number of hydrogen-bond acceptors (Lipinski definition) is 6. The molecular weight excluding hydrogens is 552 g/mol. The number of aliphatic hydroxyl groups excluding tert-OH is 2. The maximum Gasteiger partial charge on any atom is 0.306 e. The molecule has 0 rings (SSSR count). The summed E-state index contributed by atoms with van der Waals surface area (Å²) < 4.78 is 10.5. The molecule has 0 aromatic heterocycles. The van der Waals surface area contributed by atoms with E-state index in [0.717, 1.165) is 38.5 Å². The fourth-order valence-electron chi connectivity index (χ4n) is 4.68. The smallest absolute Gasteiger partial charge is 0.306 e. The first-order valence-electron chi connectivity index (χ1n) is 17.8. The second kappa shape index (κ2) is 33.7. The van der Waals surface area contributed by atoms with E-state index in [0.29, 0.717) is 19.3 Å². The highest BCUT2D eigenvalue weighted by atomic mass is 16.6. The van der Waals surface area contributed by atoms with Crippen molar-refractivity contribution in [1.82, 2.24) is 0 Å². The van der Waals surface area contributed by atoms with E-state index in [2.05, 4.69) is 19.9 Å². The average Bonchev–Trinajstić information content (AvgIpc) is 3.02. The summed E-state index contributed by atoms with van der Waals surface area (Å²) in [6.45, 7) is 3.96. The minimum Gasteiger partial charge on any atom is -0.462 e. The van der Waals surface area contributed by atoms with Crippen LogP contribution in [0.5, 0.6) is 0 Å². The van der Waals surface area contributed by atoms with Gasteiger partial charge in [-0.3, -0.25) is 9.59 Å². The molecule has 0 aliphatic rings. The van der Waals surface area contributed by atoms with Gasteiger partial charge in [0.25, 0.3) is 0 Å². The standard InChI is InChI=1S/C38H66O6/c1-3-5-7-9-11-12-13-14-15-19-24-28-32-38(42)44-36(33-39)34-43-37(41)31-27-23-20-16-18-22-26-30-35(40)29-25-21-17-10-8-6-4-2/h16-17,20-22,25-26,29,35-36,39-40H,3-15,18-19,23-24,27-28,30-34H2,1-2H3/b20-16+,21-17-,26-22-,29-25-/t35-,36+/m1/s1. The van der Waals surface area contributed by atoms with Gasteiger partial charge in [-0.2, -0.15) is 0 Å². The lowest BCUT2D eigenvalue weighted by atomic mass is 10.0. The van der Waals surface area contributed by atoms with Crippen molar-refractivity contribution in [2.75, 3.05) is 13.2 Å². The van der Waals surface area contributed by atoms with Crippen LogP contribution < -0.4 is 0 Å². The summed E-state index contributed by atoms with van der Waals surface area (Å²) in [5, 5.41) is 19.5. The minimum atomic E-state index is -0.809. The van der Waals surface area contributed by atoms with E-state index in [1.165, 1.54) is 77.0 Å². The number of allylic oxidation sites excluding steroid dienone is 6. The fraction of sp³-hybridized carbons (Fsp3) is 0.737. The number of rotatable bonds is 31. The average molecular weight is 619 g/mol. The third kappa shape index (κ3) is 31.3. The Bertz CT molecular complexity index is 769. The summed E-state index contributed by atoms with van der Waals surface area (Å²) in [5.41, 5.74) is 0. The van der Waals surface area contributed by atoms with Crippen LogP contribution in [0.4, 0.5) is 0 Å². The molecule has 0 unspecified atom stereocenters. The van der Waals surface area contributed by atoms with Crippen LogP contribution in [0.3, 0.4) is 0 Å².